The summed E-state index contributed by atoms with van der Waals surface area (Å²) < 4.78 is 6.99. The van der Waals surface area contributed by atoms with Crippen molar-refractivity contribution < 1.29 is 9.53 Å². The molecule has 0 aliphatic carbocycles. The van der Waals surface area contributed by atoms with Gasteiger partial charge >= 0.3 is 0 Å². The van der Waals surface area contributed by atoms with Crippen LogP contribution in [0, 0.1) is 0 Å². The highest BCUT2D eigenvalue weighted by Gasteiger charge is 2.25. The van der Waals surface area contributed by atoms with Crippen LogP contribution >= 0.6 is 0 Å². The van der Waals surface area contributed by atoms with Crippen molar-refractivity contribution >= 4 is 16.8 Å². The Balaban J connectivity index is 2.13. The van der Waals surface area contributed by atoms with Crippen molar-refractivity contribution in [3.63, 3.8) is 0 Å². The van der Waals surface area contributed by atoms with Crippen molar-refractivity contribution in [1.29, 1.82) is 0 Å². The molecule has 0 aliphatic heterocycles. The minimum atomic E-state index is -0.301. The van der Waals surface area contributed by atoms with E-state index in [1.807, 2.05) is 36.1 Å². The monoisotopic (exact) mass is 528 g/mol. The van der Waals surface area contributed by atoms with Gasteiger partial charge in [0, 0.05) is 20.1 Å². The zero-order chi connectivity index (χ0) is 27.6. The molecular weight excluding hydrogens is 476 g/mol. The number of rotatable bonds is 21. The van der Waals surface area contributed by atoms with Gasteiger partial charge in [-0.3, -0.25) is 14.2 Å². The molecule has 0 saturated carbocycles. The van der Waals surface area contributed by atoms with Gasteiger partial charge in [-0.1, -0.05) is 83.3 Å². The maximum Gasteiger partial charge on any atom is 0.261 e. The summed E-state index contributed by atoms with van der Waals surface area (Å²) in [4.78, 5) is 33.8. The fraction of sp³-hybridized carbons (Fsp3) is 0.710. The zero-order valence-electron chi connectivity index (χ0n) is 24.3. The molecule has 7 nitrogen and oxygen atoms in total. The third-order valence-electron chi connectivity index (χ3n) is 7.42. The molecule has 0 spiro atoms. The van der Waals surface area contributed by atoms with Crippen molar-refractivity contribution in [1.82, 2.24) is 14.5 Å². The second-order valence-electron chi connectivity index (χ2n) is 10.5. The molecule has 7 heteroatoms. The first-order chi connectivity index (χ1) is 18.5. The topological polar surface area (TPSA) is 90.5 Å². The Morgan fingerprint density at radius 1 is 0.974 bits per heavy atom. The number of carbonyl (C=O) groups is 1. The Hall–Kier alpha value is -2.25. The summed E-state index contributed by atoms with van der Waals surface area (Å²) in [7, 11) is 1.63. The largest absolute Gasteiger partial charge is 0.383 e. The second kappa shape index (κ2) is 18.9. The summed E-state index contributed by atoms with van der Waals surface area (Å²) >= 11 is 0. The fourth-order valence-electron chi connectivity index (χ4n) is 5.09. The van der Waals surface area contributed by atoms with Gasteiger partial charge in [-0.05, 0) is 44.9 Å². The number of fused-ring (bicyclic) bond motifs is 1. The van der Waals surface area contributed by atoms with Gasteiger partial charge in [-0.25, -0.2) is 4.98 Å². The van der Waals surface area contributed by atoms with Crippen LogP contribution in [0.1, 0.15) is 116 Å². The molecular formula is C31H52N4O3. The Morgan fingerprint density at radius 2 is 1.61 bits per heavy atom. The van der Waals surface area contributed by atoms with Gasteiger partial charge < -0.3 is 15.4 Å². The van der Waals surface area contributed by atoms with E-state index in [-0.39, 0.29) is 17.5 Å². The second-order valence-corrected chi connectivity index (χ2v) is 10.5. The van der Waals surface area contributed by atoms with E-state index in [9.17, 15) is 9.59 Å². The van der Waals surface area contributed by atoms with E-state index in [1.54, 1.807) is 11.7 Å². The predicted octanol–water partition coefficient (Wildman–Crippen LogP) is 6.37. The van der Waals surface area contributed by atoms with Crippen LogP contribution in [0.4, 0.5) is 0 Å². The Kier molecular flexibility index (Phi) is 15.9. The molecule has 0 bridgehead atoms. The van der Waals surface area contributed by atoms with Crippen molar-refractivity contribution in [2.45, 2.75) is 116 Å². The zero-order valence-corrected chi connectivity index (χ0v) is 24.3. The van der Waals surface area contributed by atoms with Gasteiger partial charge in [0.2, 0.25) is 5.91 Å². The van der Waals surface area contributed by atoms with Crippen molar-refractivity contribution in [3.8, 4) is 0 Å². The molecule has 1 aromatic carbocycles. The molecule has 2 aromatic rings. The normalized spacial score (nSPS) is 12.2. The third-order valence-corrected chi connectivity index (χ3v) is 7.42. The molecule has 1 aromatic heterocycles. The number of methoxy groups -OCH3 is 1. The summed E-state index contributed by atoms with van der Waals surface area (Å²) in [6.45, 7) is 6.43. The number of amides is 1. The lowest BCUT2D eigenvalue weighted by Crippen LogP contribution is -2.38. The van der Waals surface area contributed by atoms with E-state index in [1.165, 1.54) is 44.9 Å². The number of nitrogens with zero attached hydrogens (tertiary/aromatic N) is 3. The van der Waals surface area contributed by atoms with Crippen LogP contribution in [-0.4, -0.2) is 47.2 Å². The average Bonchev–Trinajstić information content (AvgIpc) is 2.93. The van der Waals surface area contributed by atoms with Gasteiger partial charge in [0.25, 0.3) is 5.56 Å². The highest BCUT2D eigenvalue weighted by atomic mass is 16.5. The summed E-state index contributed by atoms with van der Waals surface area (Å²) in [6.07, 6.45) is 15.6. The van der Waals surface area contributed by atoms with E-state index in [4.69, 9.17) is 15.5 Å². The highest BCUT2D eigenvalue weighted by molar-refractivity contribution is 5.78. The average molecular weight is 529 g/mol. The van der Waals surface area contributed by atoms with Crippen molar-refractivity contribution in [3.05, 3.63) is 40.4 Å². The van der Waals surface area contributed by atoms with Gasteiger partial charge in [-0.2, -0.15) is 0 Å². The smallest absolute Gasteiger partial charge is 0.261 e. The van der Waals surface area contributed by atoms with E-state index in [2.05, 4.69) is 6.92 Å². The third kappa shape index (κ3) is 10.5. The summed E-state index contributed by atoms with van der Waals surface area (Å²) in [5, 5.41) is 0.592. The van der Waals surface area contributed by atoms with Crippen LogP contribution in [0.15, 0.2) is 29.1 Å². The number of unbranched alkanes of at least 4 members (excludes halogenated alkanes) is 11. The van der Waals surface area contributed by atoms with Crippen LogP contribution < -0.4 is 11.3 Å². The number of hydrogen-bond donors (Lipinski definition) is 1. The highest BCUT2D eigenvalue weighted by Crippen LogP contribution is 2.23. The number of benzene rings is 1. The maximum absolute atomic E-state index is 13.5. The van der Waals surface area contributed by atoms with Crippen LogP contribution in [0.3, 0.4) is 0 Å². The van der Waals surface area contributed by atoms with Gasteiger partial charge in [0.15, 0.2) is 0 Å². The van der Waals surface area contributed by atoms with Gasteiger partial charge in [0.1, 0.15) is 5.82 Å². The molecule has 38 heavy (non-hydrogen) atoms. The Labute approximate surface area is 230 Å². The molecule has 0 saturated heterocycles. The van der Waals surface area contributed by atoms with Crippen molar-refractivity contribution in [2.24, 2.45) is 5.73 Å². The molecule has 1 heterocycles. The molecule has 2 N–H and O–H groups in total. The van der Waals surface area contributed by atoms with E-state index in [0.29, 0.717) is 49.4 Å². The quantitative estimate of drug-likeness (QED) is 0.190. The molecule has 2 rings (SSSR count). The molecule has 1 amide bonds. The minimum absolute atomic E-state index is 0.0798. The van der Waals surface area contributed by atoms with E-state index in [0.717, 1.165) is 38.5 Å². The SMILES string of the molecule is CCCCCCCCCCCC(=O)N(CCCCCCN)C(C)c1nc2ccccc2c(=O)n1CCOC. The van der Waals surface area contributed by atoms with Crippen LogP contribution in [0.5, 0.6) is 0 Å². The lowest BCUT2D eigenvalue weighted by atomic mass is 10.1. The number of para-hydroxylation sites is 1. The molecule has 0 fully saturated rings. The number of carbonyl (C=O) groups excluding carboxylic acids is 1. The number of aromatic nitrogens is 2. The summed E-state index contributed by atoms with van der Waals surface area (Å²) in [5.41, 5.74) is 6.25. The molecule has 0 aliphatic rings. The molecule has 1 atom stereocenters. The standard InChI is InChI=1S/C31H52N4O3/c1-4-5-6-7-8-9-10-11-14-21-29(36)34(23-18-13-12-17-22-32)26(2)30-33-28-20-16-15-19-27(28)31(37)35(30)24-25-38-3/h15-16,19-20,26H,4-14,17-18,21-25,32H2,1-3H3. The maximum atomic E-state index is 13.5. The number of ether oxygens (including phenoxy) is 1. The summed E-state index contributed by atoms with van der Waals surface area (Å²) in [5.74, 6) is 0.785. The summed E-state index contributed by atoms with van der Waals surface area (Å²) in [6, 6.07) is 7.14. The molecule has 0 radical (unpaired) electrons. The van der Waals surface area contributed by atoms with Gasteiger partial charge in [0.05, 0.1) is 30.1 Å². The lowest BCUT2D eigenvalue weighted by molar-refractivity contribution is -0.133. The number of hydrogen-bond acceptors (Lipinski definition) is 5. The first-order valence-corrected chi connectivity index (χ1v) is 15.0. The number of nitrogens with two attached hydrogens (primary N) is 1. The van der Waals surface area contributed by atoms with Gasteiger partial charge in [-0.15, -0.1) is 0 Å². The minimum Gasteiger partial charge on any atom is -0.383 e. The van der Waals surface area contributed by atoms with Crippen LogP contribution in [-0.2, 0) is 16.1 Å². The van der Waals surface area contributed by atoms with E-state index >= 15 is 0 Å². The molecule has 214 valence electrons. The van der Waals surface area contributed by atoms with Crippen molar-refractivity contribution in [2.75, 3.05) is 26.8 Å². The molecule has 1 unspecified atom stereocenters. The fourth-order valence-corrected chi connectivity index (χ4v) is 5.09. The first-order valence-electron chi connectivity index (χ1n) is 15.0. The first kappa shape index (κ1) is 32.0. The Bertz CT molecular complexity index is 991. The lowest BCUT2D eigenvalue weighted by Gasteiger charge is -2.31. The Morgan fingerprint density at radius 3 is 2.29 bits per heavy atom. The van der Waals surface area contributed by atoms with Crippen LogP contribution in [0.2, 0.25) is 0 Å². The predicted molar refractivity (Wildman–Crippen MR) is 157 cm³/mol. The van der Waals surface area contributed by atoms with E-state index < -0.39 is 0 Å². The van der Waals surface area contributed by atoms with Crippen LogP contribution in [0.25, 0.3) is 10.9 Å².